The molecular formula is C23H31BrN2O3. The molecule has 1 aliphatic carbocycles. The number of hydrogen-bond donors (Lipinski definition) is 1. The molecular weight excluding hydrogens is 432 g/mol. The third-order valence-corrected chi connectivity index (χ3v) is 7.78. The van der Waals surface area contributed by atoms with Gasteiger partial charge in [0.25, 0.3) is 0 Å². The van der Waals surface area contributed by atoms with Crippen LogP contribution in [0.2, 0.25) is 0 Å². The van der Waals surface area contributed by atoms with Crippen molar-refractivity contribution in [3.63, 3.8) is 0 Å². The van der Waals surface area contributed by atoms with Crippen molar-refractivity contribution in [2.45, 2.75) is 63.5 Å². The highest BCUT2D eigenvalue weighted by molar-refractivity contribution is 9.10. The van der Waals surface area contributed by atoms with Crippen LogP contribution in [0.15, 0.2) is 28.7 Å². The number of amides is 2. The molecule has 2 aliphatic heterocycles. The highest BCUT2D eigenvalue weighted by Crippen LogP contribution is 2.48. The summed E-state index contributed by atoms with van der Waals surface area (Å²) in [5.41, 5.74) is 0.696. The number of benzene rings is 1. The molecule has 1 aromatic carbocycles. The van der Waals surface area contributed by atoms with Crippen LogP contribution in [0.5, 0.6) is 0 Å². The second-order valence-corrected chi connectivity index (χ2v) is 9.98. The van der Waals surface area contributed by atoms with Gasteiger partial charge in [0.05, 0.1) is 17.6 Å². The van der Waals surface area contributed by atoms with Gasteiger partial charge < -0.3 is 15.0 Å². The second kappa shape index (κ2) is 8.38. The van der Waals surface area contributed by atoms with Crippen LogP contribution in [0.1, 0.15) is 51.5 Å². The van der Waals surface area contributed by atoms with E-state index in [1.54, 1.807) is 0 Å². The Morgan fingerprint density at radius 2 is 1.97 bits per heavy atom. The predicted molar refractivity (Wildman–Crippen MR) is 115 cm³/mol. The molecule has 158 valence electrons. The molecule has 0 radical (unpaired) electrons. The SMILES string of the molecule is CC1CC(C(=O)N[C@H]2CN(C(=O)C3(c4ccccc4Br)CCC3)C[C@H]2C)CCO1. The van der Waals surface area contributed by atoms with Gasteiger partial charge in [-0.25, -0.2) is 0 Å². The lowest BCUT2D eigenvalue weighted by molar-refractivity contribution is -0.140. The number of nitrogens with zero attached hydrogens (tertiary/aromatic N) is 1. The molecule has 1 saturated carbocycles. The summed E-state index contributed by atoms with van der Waals surface area (Å²) in [6, 6.07) is 8.13. The van der Waals surface area contributed by atoms with E-state index in [1.165, 1.54) is 0 Å². The van der Waals surface area contributed by atoms with Crippen molar-refractivity contribution in [1.82, 2.24) is 10.2 Å². The Bertz CT molecular complexity index is 779. The number of likely N-dealkylation sites (tertiary alicyclic amines) is 1. The van der Waals surface area contributed by atoms with Gasteiger partial charge in [0.1, 0.15) is 0 Å². The molecule has 6 heteroatoms. The van der Waals surface area contributed by atoms with E-state index >= 15 is 0 Å². The maximum Gasteiger partial charge on any atom is 0.233 e. The Kier molecular flexibility index (Phi) is 6.03. The Morgan fingerprint density at radius 1 is 1.21 bits per heavy atom. The molecule has 5 nitrogen and oxygen atoms in total. The molecule has 1 N–H and O–H groups in total. The molecule has 0 aromatic heterocycles. The van der Waals surface area contributed by atoms with Gasteiger partial charge in [-0.2, -0.15) is 0 Å². The van der Waals surface area contributed by atoms with Crippen LogP contribution in [0.25, 0.3) is 0 Å². The number of ether oxygens (including phenoxy) is 1. The minimum Gasteiger partial charge on any atom is -0.378 e. The smallest absolute Gasteiger partial charge is 0.233 e. The maximum atomic E-state index is 13.6. The standard InChI is InChI=1S/C23H31BrN2O3/c1-15-13-26(14-20(15)25-21(27)17-8-11-29-16(2)12-17)22(28)23(9-5-10-23)18-6-3-4-7-19(18)24/h3-4,6-7,15-17,20H,5,8-14H2,1-2H3,(H,25,27)/t15-,16?,17?,20+/m1/s1. The van der Waals surface area contributed by atoms with Crippen LogP contribution < -0.4 is 5.32 Å². The summed E-state index contributed by atoms with van der Waals surface area (Å²) in [7, 11) is 0. The van der Waals surface area contributed by atoms with E-state index in [0.717, 1.165) is 42.1 Å². The van der Waals surface area contributed by atoms with Crippen LogP contribution in [0.4, 0.5) is 0 Å². The molecule has 4 atom stereocenters. The van der Waals surface area contributed by atoms with Crippen LogP contribution in [-0.4, -0.2) is 48.6 Å². The zero-order valence-corrected chi connectivity index (χ0v) is 18.9. The fourth-order valence-electron chi connectivity index (χ4n) is 5.14. The minimum absolute atomic E-state index is 0.0222. The van der Waals surface area contributed by atoms with Crippen LogP contribution in [-0.2, 0) is 19.7 Å². The lowest BCUT2D eigenvalue weighted by Crippen LogP contribution is -2.51. The van der Waals surface area contributed by atoms with Crippen molar-refractivity contribution in [3.05, 3.63) is 34.3 Å². The molecule has 29 heavy (non-hydrogen) atoms. The van der Waals surface area contributed by atoms with Crippen LogP contribution in [0.3, 0.4) is 0 Å². The monoisotopic (exact) mass is 462 g/mol. The zero-order chi connectivity index (χ0) is 20.6. The van der Waals surface area contributed by atoms with Gasteiger partial charge >= 0.3 is 0 Å². The largest absolute Gasteiger partial charge is 0.378 e. The molecule has 3 fully saturated rings. The van der Waals surface area contributed by atoms with Crippen molar-refractivity contribution in [2.75, 3.05) is 19.7 Å². The summed E-state index contributed by atoms with van der Waals surface area (Å²) in [4.78, 5) is 28.4. The molecule has 4 rings (SSSR count). The van der Waals surface area contributed by atoms with Crippen LogP contribution >= 0.6 is 15.9 Å². The van der Waals surface area contributed by atoms with Gasteiger partial charge in [0.2, 0.25) is 11.8 Å². The molecule has 0 bridgehead atoms. The summed E-state index contributed by atoms with van der Waals surface area (Å²) in [5, 5.41) is 3.24. The Balaban J connectivity index is 1.43. The van der Waals surface area contributed by atoms with Gasteiger partial charge in [-0.15, -0.1) is 0 Å². The first-order valence-electron chi connectivity index (χ1n) is 10.9. The third kappa shape index (κ3) is 3.98. The van der Waals surface area contributed by atoms with E-state index < -0.39 is 5.41 Å². The Hall–Kier alpha value is -1.40. The number of hydrogen-bond acceptors (Lipinski definition) is 3. The first-order chi connectivity index (χ1) is 13.9. The summed E-state index contributed by atoms with van der Waals surface area (Å²) < 4.78 is 6.58. The highest BCUT2D eigenvalue weighted by Gasteiger charge is 2.50. The summed E-state index contributed by atoms with van der Waals surface area (Å²) in [6.45, 7) is 6.13. The topological polar surface area (TPSA) is 58.6 Å². The van der Waals surface area contributed by atoms with E-state index in [-0.39, 0.29) is 35.8 Å². The first kappa shape index (κ1) is 20.9. The lowest BCUT2D eigenvalue weighted by atomic mass is 9.63. The Morgan fingerprint density at radius 3 is 2.62 bits per heavy atom. The molecule has 0 spiro atoms. The summed E-state index contributed by atoms with van der Waals surface area (Å²) in [5.74, 6) is 0.625. The van der Waals surface area contributed by atoms with E-state index in [2.05, 4.69) is 34.2 Å². The van der Waals surface area contributed by atoms with Crippen molar-refractivity contribution in [3.8, 4) is 0 Å². The van der Waals surface area contributed by atoms with Gasteiger partial charge in [-0.05, 0) is 50.2 Å². The van der Waals surface area contributed by atoms with E-state index in [4.69, 9.17) is 4.74 Å². The highest BCUT2D eigenvalue weighted by atomic mass is 79.9. The number of rotatable bonds is 4. The number of carbonyl (C=O) groups excluding carboxylic acids is 2. The number of carbonyl (C=O) groups is 2. The predicted octanol–water partition coefficient (Wildman–Crippen LogP) is 3.65. The number of nitrogens with one attached hydrogen (secondary N) is 1. The van der Waals surface area contributed by atoms with Gasteiger partial charge in [0, 0.05) is 30.1 Å². The summed E-state index contributed by atoms with van der Waals surface area (Å²) in [6.07, 6.45) is 4.58. The molecule has 1 aromatic rings. The van der Waals surface area contributed by atoms with Crippen molar-refractivity contribution in [2.24, 2.45) is 11.8 Å². The average molecular weight is 463 g/mol. The fraction of sp³-hybridized carbons (Fsp3) is 0.652. The molecule has 3 aliphatic rings. The third-order valence-electron chi connectivity index (χ3n) is 7.09. The van der Waals surface area contributed by atoms with Crippen molar-refractivity contribution < 1.29 is 14.3 Å². The van der Waals surface area contributed by atoms with E-state index in [9.17, 15) is 9.59 Å². The quantitative estimate of drug-likeness (QED) is 0.742. The van der Waals surface area contributed by atoms with Crippen molar-refractivity contribution >= 4 is 27.7 Å². The fourth-order valence-corrected chi connectivity index (χ4v) is 5.80. The maximum absolute atomic E-state index is 13.6. The summed E-state index contributed by atoms with van der Waals surface area (Å²) >= 11 is 3.65. The minimum atomic E-state index is -0.408. The van der Waals surface area contributed by atoms with Gasteiger partial charge in [-0.1, -0.05) is 47.5 Å². The molecule has 2 saturated heterocycles. The first-order valence-corrected chi connectivity index (χ1v) is 11.7. The average Bonchev–Trinajstić information content (AvgIpc) is 3.02. The van der Waals surface area contributed by atoms with E-state index in [1.807, 2.05) is 30.0 Å². The lowest BCUT2D eigenvalue weighted by Gasteiger charge is -2.43. The Labute approximate surface area is 181 Å². The van der Waals surface area contributed by atoms with Crippen molar-refractivity contribution in [1.29, 1.82) is 0 Å². The van der Waals surface area contributed by atoms with Gasteiger partial charge in [0.15, 0.2) is 0 Å². The normalized spacial score (nSPS) is 31.2. The number of halogens is 1. The molecule has 2 unspecified atom stereocenters. The van der Waals surface area contributed by atoms with Gasteiger partial charge in [-0.3, -0.25) is 9.59 Å². The van der Waals surface area contributed by atoms with E-state index in [0.29, 0.717) is 19.7 Å². The second-order valence-electron chi connectivity index (χ2n) is 9.12. The van der Waals surface area contributed by atoms with Crippen LogP contribution in [0, 0.1) is 11.8 Å². The molecule has 2 heterocycles. The molecule has 2 amide bonds. The zero-order valence-electron chi connectivity index (χ0n) is 17.3.